The highest BCUT2D eigenvalue weighted by Gasteiger charge is 2.34. The Bertz CT molecular complexity index is 304. The molecular formula is C11H14FNO. The van der Waals surface area contributed by atoms with E-state index in [0.29, 0.717) is 0 Å². The lowest BCUT2D eigenvalue weighted by atomic mass is 9.80. The molecule has 1 saturated heterocycles. The van der Waals surface area contributed by atoms with Crippen LogP contribution in [0.3, 0.4) is 0 Å². The number of aliphatic hydroxyl groups is 1. The third-order valence-electron chi connectivity index (χ3n) is 3.00. The standard InChI is InChI=1S/C11H14FNO/c12-10-3-1-9(2-4-10)11(8-14)5-6-13-7-11/h1-4,13-14H,5-8H2. The van der Waals surface area contributed by atoms with E-state index in [1.807, 2.05) is 0 Å². The molecule has 1 fully saturated rings. The number of rotatable bonds is 2. The van der Waals surface area contributed by atoms with Gasteiger partial charge in [-0.3, -0.25) is 0 Å². The zero-order chi connectivity index (χ0) is 10.0. The van der Waals surface area contributed by atoms with E-state index < -0.39 is 0 Å². The third kappa shape index (κ3) is 1.53. The molecule has 1 aromatic rings. The fourth-order valence-corrected chi connectivity index (χ4v) is 2.02. The number of nitrogens with one attached hydrogen (secondary N) is 1. The van der Waals surface area contributed by atoms with Crippen LogP contribution < -0.4 is 5.32 Å². The van der Waals surface area contributed by atoms with Gasteiger partial charge in [0.1, 0.15) is 5.82 Å². The van der Waals surface area contributed by atoms with Crippen molar-refractivity contribution in [2.24, 2.45) is 0 Å². The fraction of sp³-hybridized carbons (Fsp3) is 0.455. The van der Waals surface area contributed by atoms with Crippen molar-refractivity contribution in [3.05, 3.63) is 35.6 Å². The van der Waals surface area contributed by atoms with Gasteiger partial charge in [0.2, 0.25) is 0 Å². The molecule has 76 valence electrons. The largest absolute Gasteiger partial charge is 0.395 e. The number of aliphatic hydroxyl groups excluding tert-OH is 1. The predicted molar refractivity (Wildman–Crippen MR) is 52.7 cm³/mol. The van der Waals surface area contributed by atoms with Crippen LogP contribution >= 0.6 is 0 Å². The summed E-state index contributed by atoms with van der Waals surface area (Å²) in [6.07, 6.45) is 0.912. The van der Waals surface area contributed by atoms with Crippen LogP contribution in [-0.4, -0.2) is 24.8 Å². The Labute approximate surface area is 82.8 Å². The molecule has 0 aromatic heterocycles. The smallest absolute Gasteiger partial charge is 0.123 e. The van der Waals surface area contributed by atoms with E-state index in [-0.39, 0.29) is 17.8 Å². The first-order valence-electron chi connectivity index (χ1n) is 4.84. The lowest BCUT2D eigenvalue weighted by Crippen LogP contribution is -2.32. The summed E-state index contributed by atoms with van der Waals surface area (Å²) in [5, 5.41) is 12.6. The van der Waals surface area contributed by atoms with Crippen molar-refractivity contribution in [2.75, 3.05) is 19.7 Å². The second-order valence-electron chi connectivity index (χ2n) is 3.87. The molecule has 0 bridgehead atoms. The average molecular weight is 195 g/mol. The Morgan fingerprint density at radius 1 is 1.36 bits per heavy atom. The Balaban J connectivity index is 2.31. The highest BCUT2D eigenvalue weighted by Crippen LogP contribution is 2.30. The SMILES string of the molecule is OCC1(c2ccc(F)cc2)CCNC1. The molecule has 0 aliphatic carbocycles. The minimum Gasteiger partial charge on any atom is -0.395 e. The van der Waals surface area contributed by atoms with Gasteiger partial charge in [0.05, 0.1) is 6.61 Å². The monoisotopic (exact) mass is 195 g/mol. The Morgan fingerprint density at radius 2 is 2.07 bits per heavy atom. The van der Waals surface area contributed by atoms with Gasteiger partial charge in [0.15, 0.2) is 0 Å². The first-order chi connectivity index (χ1) is 6.77. The number of hydrogen-bond donors (Lipinski definition) is 2. The van der Waals surface area contributed by atoms with E-state index in [9.17, 15) is 9.50 Å². The van der Waals surface area contributed by atoms with Crippen LogP contribution in [0, 0.1) is 5.82 Å². The molecule has 1 aromatic carbocycles. The Kier molecular flexibility index (Phi) is 2.52. The van der Waals surface area contributed by atoms with Crippen LogP contribution in [0.15, 0.2) is 24.3 Å². The van der Waals surface area contributed by atoms with Crippen molar-refractivity contribution in [1.29, 1.82) is 0 Å². The maximum Gasteiger partial charge on any atom is 0.123 e. The first-order valence-corrected chi connectivity index (χ1v) is 4.84. The van der Waals surface area contributed by atoms with Crippen molar-refractivity contribution in [3.8, 4) is 0 Å². The summed E-state index contributed by atoms with van der Waals surface area (Å²) in [6, 6.07) is 6.42. The van der Waals surface area contributed by atoms with Crippen LogP contribution in [0.1, 0.15) is 12.0 Å². The molecular weight excluding hydrogens is 181 g/mol. The molecule has 1 aliphatic rings. The van der Waals surface area contributed by atoms with Crippen LogP contribution in [-0.2, 0) is 5.41 Å². The number of halogens is 1. The lowest BCUT2D eigenvalue weighted by molar-refractivity contribution is 0.205. The molecule has 1 unspecified atom stereocenters. The molecule has 0 radical (unpaired) electrons. The topological polar surface area (TPSA) is 32.3 Å². The summed E-state index contributed by atoms with van der Waals surface area (Å²) in [4.78, 5) is 0. The van der Waals surface area contributed by atoms with E-state index in [2.05, 4.69) is 5.32 Å². The maximum atomic E-state index is 12.7. The van der Waals surface area contributed by atoms with Crippen molar-refractivity contribution >= 4 is 0 Å². The van der Waals surface area contributed by atoms with Gasteiger partial charge >= 0.3 is 0 Å². The van der Waals surface area contributed by atoms with Gasteiger partial charge in [-0.1, -0.05) is 12.1 Å². The minimum absolute atomic E-state index is 0.117. The molecule has 1 heterocycles. The molecule has 14 heavy (non-hydrogen) atoms. The average Bonchev–Trinajstić information content (AvgIpc) is 2.68. The zero-order valence-corrected chi connectivity index (χ0v) is 7.96. The van der Waals surface area contributed by atoms with Crippen LogP contribution in [0.4, 0.5) is 4.39 Å². The summed E-state index contributed by atoms with van der Waals surface area (Å²) in [5.74, 6) is -0.229. The molecule has 2 N–H and O–H groups in total. The molecule has 3 heteroatoms. The van der Waals surface area contributed by atoms with E-state index >= 15 is 0 Å². The van der Waals surface area contributed by atoms with Gasteiger partial charge in [-0.05, 0) is 30.7 Å². The summed E-state index contributed by atoms with van der Waals surface area (Å²) in [5.41, 5.74) is 0.819. The van der Waals surface area contributed by atoms with E-state index in [1.165, 1.54) is 12.1 Å². The summed E-state index contributed by atoms with van der Waals surface area (Å²) in [7, 11) is 0. The van der Waals surface area contributed by atoms with Gasteiger partial charge in [0, 0.05) is 12.0 Å². The van der Waals surface area contributed by atoms with E-state index in [4.69, 9.17) is 0 Å². The van der Waals surface area contributed by atoms with Crippen LogP contribution in [0.5, 0.6) is 0 Å². The highest BCUT2D eigenvalue weighted by molar-refractivity contribution is 5.28. The van der Waals surface area contributed by atoms with Gasteiger partial charge in [-0.15, -0.1) is 0 Å². The second-order valence-corrected chi connectivity index (χ2v) is 3.87. The van der Waals surface area contributed by atoms with Gasteiger partial charge in [0.25, 0.3) is 0 Å². The molecule has 2 rings (SSSR count). The van der Waals surface area contributed by atoms with E-state index in [1.54, 1.807) is 12.1 Å². The van der Waals surface area contributed by atoms with Crippen molar-refractivity contribution in [3.63, 3.8) is 0 Å². The minimum atomic E-state index is -0.229. The molecule has 0 amide bonds. The highest BCUT2D eigenvalue weighted by atomic mass is 19.1. The third-order valence-corrected chi connectivity index (χ3v) is 3.00. The Morgan fingerprint density at radius 3 is 2.57 bits per heavy atom. The normalized spacial score (nSPS) is 26.7. The van der Waals surface area contributed by atoms with Gasteiger partial charge in [-0.25, -0.2) is 4.39 Å². The zero-order valence-electron chi connectivity index (χ0n) is 7.96. The molecule has 1 atom stereocenters. The molecule has 1 aliphatic heterocycles. The quantitative estimate of drug-likeness (QED) is 0.739. The van der Waals surface area contributed by atoms with Gasteiger partial charge < -0.3 is 10.4 Å². The molecule has 2 nitrogen and oxygen atoms in total. The fourth-order valence-electron chi connectivity index (χ4n) is 2.02. The van der Waals surface area contributed by atoms with Crippen molar-refractivity contribution < 1.29 is 9.50 Å². The summed E-state index contributed by atoms with van der Waals surface area (Å²) >= 11 is 0. The predicted octanol–water partition coefficient (Wildman–Crippen LogP) is 1.05. The first kappa shape index (κ1) is 9.62. The summed E-state index contributed by atoms with van der Waals surface area (Å²) in [6.45, 7) is 1.80. The number of hydrogen-bond acceptors (Lipinski definition) is 2. The van der Waals surface area contributed by atoms with Crippen molar-refractivity contribution in [1.82, 2.24) is 5.32 Å². The summed E-state index contributed by atoms with van der Waals surface area (Å²) < 4.78 is 12.7. The number of benzene rings is 1. The van der Waals surface area contributed by atoms with Crippen LogP contribution in [0.25, 0.3) is 0 Å². The van der Waals surface area contributed by atoms with Crippen LogP contribution in [0.2, 0.25) is 0 Å². The van der Waals surface area contributed by atoms with E-state index in [0.717, 1.165) is 25.1 Å². The molecule has 0 spiro atoms. The van der Waals surface area contributed by atoms with Crippen molar-refractivity contribution in [2.45, 2.75) is 11.8 Å². The maximum absolute atomic E-state index is 12.7. The van der Waals surface area contributed by atoms with Gasteiger partial charge in [-0.2, -0.15) is 0 Å². The Hall–Kier alpha value is -0.930. The molecule has 0 saturated carbocycles. The second kappa shape index (κ2) is 3.67. The lowest BCUT2D eigenvalue weighted by Gasteiger charge is -2.26.